The Morgan fingerprint density at radius 1 is 1.29 bits per heavy atom. The molecule has 0 radical (unpaired) electrons. The molecule has 1 saturated heterocycles. The zero-order valence-corrected chi connectivity index (χ0v) is 17.4. The summed E-state index contributed by atoms with van der Waals surface area (Å²) in [5.74, 6) is -0.488. The number of rotatable bonds is 4. The molecule has 1 aliphatic rings. The van der Waals surface area contributed by atoms with Crippen LogP contribution in [0.2, 0.25) is 5.02 Å². The van der Waals surface area contributed by atoms with E-state index in [1.807, 2.05) is 32.4 Å². The molecule has 28 heavy (non-hydrogen) atoms. The molecular formula is C20H25ClN4O3. The van der Waals surface area contributed by atoms with Crippen molar-refractivity contribution >= 4 is 29.1 Å². The highest BCUT2D eigenvalue weighted by Gasteiger charge is 2.40. The van der Waals surface area contributed by atoms with Crippen molar-refractivity contribution in [3.63, 3.8) is 0 Å². The quantitative estimate of drug-likeness (QED) is 0.848. The summed E-state index contributed by atoms with van der Waals surface area (Å²) in [6, 6.07) is 6.72. The van der Waals surface area contributed by atoms with Gasteiger partial charge in [0.2, 0.25) is 5.91 Å². The van der Waals surface area contributed by atoms with Gasteiger partial charge in [0.15, 0.2) is 6.10 Å². The summed E-state index contributed by atoms with van der Waals surface area (Å²) in [4.78, 5) is 26.9. The fourth-order valence-corrected chi connectivity index (χ4v) is 3.66. The van der Waals surface area contributed by atoms with E-state index in [1.165, 1.54) is 0 Å². The van der Waals surface area contributed by atoms with Gasteiger partial charge in [0.05, 0.1) is 23.1 Å². The topological polar surface area (TPSA) is 76.5 Å². The van der Waals surface area contributed by atoms with E-state index in [1.54, 1.807) is 36.2 Å². The van der Waals surface area contributed by atoms with Crippen LogP contribution in [-0.4, -0.2) is 46.3 Å². The van der Waals surface area contributed by atoms with Crippen LogP contribution in [0.15, 0.2) is 24.3 Å². The lowest BCUT2D eigenvalue weighted by molar-refractivity contribution is -0.160. The van der Waals surface area contributed by atoms with E-state index in [4.69, 9.17) is 16.3 Å². The fourth-order valence-electron chi connectivity index (χ4n) is 3.53. The lowest BCUT2D eigenvalue weighted by atomic mass is 9.97. The van der Waals surface area contributed by atoms with Gasteiger partial charge >= 0.3 is 0 Å². The van der Waals surface area contributed by atoms with Crippen molar-refractivity contribution in [2.75, 3.05) is 19.0 Å². The smallest absolute Gasteiger partial charge is 0.256 e. The van der Waals surface area contributed by atoms with Crippen molar-refractivity contribution in [2.45, 2.75) is 45.9 Å². The molecule has 1 fully saturated rings. The van der Waals surface area contributed by atoms with Crippen LogP contribution in [0.1, 0.15) is 42.9 Å². The fraction of sp³-hybridized carbons (Fsp3) is 0.450. The number of nitrogens with zero attached hydrogens (tertiary/aromatic N) is 3. The largest absolute Gasteiger partial charge is 0.356 e. The van der Waals surface area contributed by atoms with E-state index >= 15 is 0 Å². The number of halogens is 1. The molecule has 1 aliphatic heterocycles. The van der Waals surface area contributed by atoms with Crippen molar-refractivity contribution < 1.29 is 14.3 Å². The van der Waals surface area contributed by atoms with Gasteiger partial charge in [-0.15, -0.1) is 0 Å². The predicted molar refractivity (Wildman–Crippen MR) is 107 cm³/mol. The molecule has 150 valence electrons. The Hall–Kier alpha value is -2.38. The molecule has 1 aromatic heterocycles. The van der Waals surface area contributed by atoms with Crippen molar-refractivity contribution in [1.82, 2.24) is 14.7 Å². The molecule has 0 unspecified atom stereocenters. The van der Waals surface area contributed by atoms with Gasteiger partial charge in [-0.05, 0) is 45.4 Å². The average Bonchev–Trinajstić information content (AvgIpc) is 2.93. The lowest BCUT2D eigenvalue weighted by Gasteiger charge is -2.38. The second-order valence-corrected chi connectivity index (χ2v) is 7.74. The third-order valence-electron chi connectivity index (χ3n) is 5.02. The minimum Gasteiger partial charge on any atom is -0.356 e. The number of aryl methyl sites for hydroxylation is 1. The molecule has 0 saturated carbocycles. The van der Waals surface area contributed by atoms with Crippen LogP contribution in [-0.2, 0) is 14.3 Å². The highest BCUT2D eigenvalue weighted by Crippen LogP contribution is 2.31. The first-order chi connectivity index (χ1) is 13.2. The number of carbonyl (C=O) groups is 2. The Morgan fingerprint density at radius 2 is 1.93 bits per heavy atom. The number of morpholine rings is 1. The van der Waals surface area contributed by atoms with Gasteiger partial charge in [-0.1, -0.05) is 23.7 Å². The summed E-state index contributed by atoms with van der Waals surface area (Å²) in [6.45, 7) is 7.71. The first-order valence-electron chi connectivity index (χ1n) is 9.20. The number of ether oxygens (including phenoxy) is 1. The van der Waals surface area contributed by atoms with Crippen LogP contribution < -0.4 is 5.32 Å². The van der Waals surface area contributed by atoms with Crippen molar-refractivity contribution in [3.05, 3.63) is 46.2 Å². The monoisotopic (exact) mass is 404 g/mol. The van der Waals surface area contributed by atoms with Crippen molar-refractivity contribution in [2.24, 2.45) is 0 Å². The molecule has 0 bridgehead atoms. The molecule has 2 heterocycles. The van der Waals surface area contributed by atoms with E-state index in [0.717, 1.165) is 17.0 Å². The van der Waals surface area contributed by atoms with Crippen molar-refractivity contribution in [1.29, 1.82) is 0 Å². The minimum absolute atomic E-state index is 0.137. The Labute approximate surface area is 169 Å². The highest BCUT2D eigenvalue weighted by atomic mass is 35.5. The molecule has 3 rings (SSSR count). The molecule has 1 N–H and O–H groups in total. The number of anilines is 1. The Kier molecular flexibility index (Phi) is 5.76. The molecule has 7 nitrogen and oxygen atoms in total. The van der Waals surface area contributed by atoms with Crippen molar-refractivity contribution in [3.8, 4) is 0 Å². The van der Waals surface area contributed by atoms with Crippen LogP contribution >= 0.6 is 11.6 Å². The molecular weight excluding hydrogens is 380 g/mol. The Morgan fingerprint density at radius 3 is 2.50 bits per heavy atom. The van der Waals surface area contributed by atoms with Crippen LogP contribution in [0.3, 0.4) is 0 Å². The van der Waals surface area contributed by atoms with E-state index < -0.39 is 12.1 Å². The molecule has 0 spiro atoms. The number of carbonyl (C=O) groups excluding carboxylic acids is 2. The second-order valence-electron chi connectivity index (χ2n) is 7.31. The molecule has 8 heteroatoms. The summed E-state index contributed by atoms with van der Waals surface area (Å²) in [6.07, 6.45) is -0.843. The summed E-state index contributed by atoms with van der Waals surface area (Å²) in [5.41, 5.74) is 3.08. The zero-order chi connectivity index (χ0) is 20.6. The molecule has 2 aromatic rings. The molecule has 1 aromatic carbocycles. The number of benzene rings is 1. The highest BCUT2D eigenvalue weighted by molar-refractivity contribution is 6.30. The molecule has 2 amide bonds. The van der Waals surface area contributed by atoms with Crippen LogP contribution in [0, 0.1) is 13.8 Å². The third kappa shape index (κ3) is 3.77. The van der Waals surface area contributed by atoms with Gasteiger partial charge in [0.1, 0.15) is 6.61 Å². The summed E-state index contributed by atoms with van der Waals surface area (Å²) in [7, 11) is 1.68. The molecule has 0 aliphatic carbocycles. The van der Waals surface area contributed by atoms with E-state index in [9.17, 15) is 9.59 Å². The number of hydrogen-bond donors (Lipinski definition) is 1. The standard InChI is InChI=1S/C20H25ClN4O3/c1-11(2)25-13(4)17(12(3)23-25)22-20(27)19-18(24(5)16(26)10-28-19)14-6-8-15(21)9-7-14/h6-9,11,18-19H,10H2,1-5H3,(H,22,27)/t18-,19+/m0/s1. The van der Waals surface area contributed by atoms with Gasteiger partial charge in [-0.3, -0.25) is 14.3 Å². The minimum atomic E-state index is -0.843. The number of nitrogens with one attached hydrogen (secondary N) is 1. The van der Waals surface area contributed by atoms with E-state index in [0.29, 0.717) is 10.7 Å². The number of hydrogen-bond acceptors (Lipinski definition) is 4. The van der Waals surface area contributed by atoms with Crippen LogP contribution in [0.5, 0.6) is 0 Å². The van der Waals surface area contributed by atoms with Gasteiger partial charge in [0, 0.05) is 18.1 Å². The predicted octanol–water partition coefficient (Wildman–Crippen LogP) is 3.27. The van der Waals surface area contributed by atoms with Gasteiger partial charge < -0.3 is 15.0 Å². The second kappa shape index (κ2) is 7.93. The van der Waals surface area contributed by atoms with E-state index in [-0.39, 0.29) is 24.5 Å². The number of aromatic nitrogens is 2. The first-order valence-corrected chi connectivity index (χ1v) is 9.57. The zero-order valence-electron chi connectivity index (χ0n) is 16.7. The lowest BCUT2D eigenvalue weighted by Crippen LogP contribution is -2.51. The van der Waals surface area contributed by atoms with Gasteiger partial charge in [-0.25, -0.2) is 0 Å². The SMILES string of the molecule is Cc1nn(C(C)C)c(C)c1NC(=O)[C@@H]1OCC(=O)N(C)[C@H]1c1ccc(Cl)cc1. The first kappa shape index (κ1) is 20.4. The molecule has 2 atom stereocenters. The summed E-state index contributed by atoms with van der Waals surface area (Å²) < 4.78 is 7.54. The Balaban J connectivity index is 1.91. The third-order valence-corrected chi connectivity index (χ3v) is 5.27. The number of likely N-dealkylation sites (N-methyl/N-ethyl adjacent to an activating group) is 1. The average molecular weight is 405 g/mol. The van der Waals surface area contributed by atoms with E-state index in [2.05, 4.69) is 10.4 Å². The maximum absolute atomic E-state index is 13.1. The Bertz CT molecular complexity index is 892. The maximum atomic E-state index is 13.1. The maximum Gasteiger partial charge on any atom is 0.256 e. The van der Waals surface area contributed by atoms with Gasteiger partial charge in [0.25, 0.3) is 5.91 Å². The number of amides is 2. The normalized spacial score (nSPS) is 20.0. The van der Waals surface area contributed by atoms with Gasteiger partial charge in [-0.2, -0.15) is 5.10 Å². The van der Waals surface area contributed by atoms with Crippen LogP contribution in [0.25, 0.3) is 0 Å². The van der Waals surface area contributed by atoms with Crippen LogP contribution in [0.4, 0.5) is 5.69 Å². The summed E-state index contributed by atoms with van der Waals surface area (Å²) in [5, 5.41) is 8.05. The summed E-state index contributed by atoms with van der Waals surface area (Å²) >= 11 is 5.98.